The van der Waals surface area contributed by atoms with Crippen LogP contribution in [0.3, 0.4) is 0 Å². The quantitative estimate of drug-likeness (QED) is 0.353. The van der Waals surface area contributed by atoms with Crippen LogP contribution in [0, 0.1) is 17.8 Å². The molecule has 0 spiro atoms. The van der Waals surface area contributed by atoms with Crippen molar-refractivity contribution in [1.29, 1.82) is 0 Å². The van der Waals surface area contributed by atoms with E-state index in [0.717, 1.165) is 29.9 Å². The van der Waals surface area contributed by atoms with E-state index < -0.39 is 0 Å². The standard InChI is InChI=1S/C25H30N4O2S/c1-17(2)21-10-9-18(3)15-22(21)31-23(30)16-32-25-28-27-24(19-11-13-26-14-12-19)29(25)20-7-5-4-6-8-20/h4-8,11-14,17-18,21-22H,9-10,15-16H2,1-3H3/t18-,21+,22+/m1/s1. The van der Waals surface area contributed by atoms with E-state index in [4.69, 9.17) is 4.74 Å². The summed E-state index contributed by atoms with van der Waals surface area (Å²) < 4.78 is 7.95. The van der Waals surface area contributed by atoms with E-state index in [1.165, 1.54) is 18.2 Å². The van der Waals surface area contributed by atoms with Gasteiger partial charge in [-0.2, -0.15) is 0 Å². The lowest BCUT2D eigenvalue weighted by Gasteiger charge is -2.36. The summed E-state index contributed by atoms with van der Waals surface area (Å²) in [5.74, 6) is 2.28. The predicted octanol–water partition coefficient (Wildman–Crippen LogP) is 5.43. The van der Waals surface area contributed by atoms with E-state index in [2.05, 4.69) is 36.0 Å². The fourth-order valence-corrected chi connectivity index (χ4v) is 5.17. The molecule has 1 aromatic carbocycles. The average molecular weight is 451 g/mol. The van der Waals surface area contributed by atoms with Gasteiger partial charge in [-0.15, -0.1) is 10.2 Å². The highest BCUT2D eigenvalue weighted by atomic mass is 32.2. The Bertz CT molecular complexity index is 1020. The van der Waals surface area contributed by atoms with Crippen molar-refractivity contribution in [2.24, 2.45) is 17.8 Å². The molecule has 1 aliphatic rings. The maximum atomic E-state index is 12.8. The van der Waals surface area contributed by atoms with Crippen LogP contribution in [-0.2, 0) is 9.53 Å². The number of carbonyl (C=O) groups excluding carboxylic acids is 1. The Morgan fingerprint density at radius 1 is 1.12 bits per heavy atom. The first kappa shape index (κ1) is 22.5. The van der Waals surface area contributed by atoms with Gasteiger partial charge in [-0.3, -0.25) is 14.3 Å². The van der Waals surface area contributed by atoms with Gasteiger partial charge in [-0.25, -0.2) is 0 Å². The molecule has 0 bridgehead atoms. The van der Waals surface area contributed by atoms with Crippen LogP contribution in [0.4, 0.5) is 0 Å². The molecule has 0 radical (unpaired) electrons. The van der Waals surface area contributed by atoms with Gasteiger partial charge in [0.15, 0.2) is 11.0 Å². The SMILES string of the molecule is CC(C)[C@@H]1CC[C@@H](C)C[C@@H]1OC(=O)CSc1nnc(-c2ccncc2)n1-c1ccccc1. The second-order valence-corrected chi connectivity index (χ2v) is 9.80. The zero-order valence-electron chi connectivity index (χ0n) is 18.8. The van der Waals surface area contributed by atoms with Crippen molar-refractivity contribution in [1.82, 2.24) is 19.7 Å². The molecule has 1 saturated carbocycles. The van der Waals surface area contributed by atoms with Crippen molar-refractivity contribution >= 4 is 17.7 Å². The third-order valence-electron chi connectivity index (χ3n) is 6.15. The highest BCUT2D eigenvalue weighted by Gasteiger charge is 2.33. The van der Waals surface area contributed by atoms with E-state index in [1.54, 1.807) is 12.4 Å². The number of hydrogen-bond donors (Lipinski definition) is 0. The van der Waals surface area contributed by atoms with Crippen LogP contribution < -0.4 is 0 Å². The second kappa shape index (κ2) is 10.3. The van der Waals surface area contributed by atoms with Gasteiger partial charge in [0, 0.05) is 23.6 Å². The molecule has 0 N–H and O–H groups in total. The van der Waals surface area contributed by atoms with Gasteiger partial charge >= 0.3 is 5.97 Å². The maximum Gasteiger partial charge on any atom is 0.316 e. The Kier molecular flexibility index (Phi) is 7.25. The summed E-state index contributed by atoms with van der Waals surface area (Å²) in [7, 11) is 0. The Morgan fingerprint density at radius 3 is 2.59 bits per heavy atom. The van der Waals surface area contributed by atoms with E-state index in [0.29, 0.717) is 22.9 Å². The molecule has 0 aliphatic heterocycles. The van der Waals surface area contributed by atoms with Crippen LogP contribution in [0.2, 0.25) is 0 Å². The third kappa shape index (κ3) is 5.21. The van der Waals surface area contributed by atoms with E-state index >= 15 is 0 Å². The highest BCUT2D eigenvalue weighted by Crippen LogP contribution is 2.36. The summed E-state index contributed by atoms with van der Waals surface area (Å²) in [5, 5.41) is 9.47. The fourth-order valence-electron chi connectivity index (χ4n) is 4.44. The summed E-state index contributed by atoms with van der Waals surface area (Å²) in [6.07, 6.45) is 6.77. The summed E-state index contributed by atoms with van der Waals surface area (Å²) in [6, 6.07) is 13.8. The number of esters is 1. The fraction of sp³-hybridized carbons (Fsp3) is 0.440. The predicted molar refractivity (Wildman–Crippen MR) is 127 cm³/mol. The highest BCUT2D eigenvalue weighted by molar-refractivity contribution is 7.99. The molecule has 168 valence electrons. The lowest BCUT2D eigenvalue weighted by molar-refractivity contribution is -0.152. The largest absolute Gasteiger partial charge is 0.461 e. The average Bonchev–Trinajstić information content (AvgIpc) is 3.23. The van der Waals surface area contributed by atoms with Crippen LogP contribution in [-0.4, -0.2) is 37.6 Å². The Labute approximate surface area is 193 Å². The molecule has 3 atom stereocenters. The topological polar surface area (TPSA) is 69.9 Å². The molecule has 0 amide bonds. The molecule has 1 fully saturated rings. The van der Waals surface area contributed by atoms with Crippen molar-refractivity contribution in [2.75, 3.05) is 5.75 Å². The van der Waals surface area contributed by atoms with Gasteiger partial charge in [0.1, 0.15) is 6.10 Å². The molecule has 32 heavy (non-hydrogen) atoms. The molecule has 0 unspecified atom stereocenters. The number of pyridine rings is 1. The van der Waals surface area contributed by atoms with Gasteiger partial charge in [0.05, 0.1) is 5.75 Å². The maximum absolute atomic E-state index is 12.8. The minimum atomic E-state index is -0.187. The van der Waals surface area contributed by atoms with Crippen molar-refractivity contribution in [3.63, 3.8) is 0 Å². The lowest BCUT2D eigenvalue weighted by Crippen LogP contribution is -2.36. The minimum absolute atomic E-state index is 0.00576. The first-order valence-corrected chi connectivity index (χ1v) is 12.2. The molecule has 0 saturated heterocycles. The van der Waals surface area contributed by atoms with Crippen LogP contribution in [0.15, 0.2) is 60.0 Å². The van der Waals surface area contributed by atoms with E-state index in [1.807, 2.05) is 47.0 Å². The number of aromatic nitrogens is 4. The number of carbonyl (C=O) groups is 1. The molecule has 7 heteroatoms. The first-order chi connectivity index (χ1) is 15.5. The molecule has 2 heterocycles. The van der Waals surface area contributed by atoms with Crippen LogP contribution >= 0.6 is 11.8 Å². The molecular formula is C25H30N4O2S. The molecule has 6 nitrogen and oxygen atoms in total. The van der Waals surface area contributed by atoms with Gasteiger partial charge in [0.2, 0.25) is 0 Å². The van der Waals surface area contributed by atoms with Crippen molar-refractivity contribution in [3.8, 4) is 17.1 Å². The van der Waals surface area contributed by atoms with Crippen LogP contribution in [0.1, 0.15) is 40.0 Å². The number of ether oxygens (including phenoxy) is 1. The Balaban J connectivity index is 1.51. The van der Waals surface area contributed by atoms with Gasteiger partial charge in [-0.1, -0.05) is 57.2 Å². The number of para-hydroxylation sites is 1. The normalized spacial score (nSPS) is 20.9. The Hall–Kier alpha value is -2.67. The third-order valence-corrected chi connectivity index (χ3v) is 7.05. The monoisotopic (exact) mass is 450 g/mol. The summed E-state index contributed by atoms with van der Waals surface area (Å²) in [4.78, 5) is 16.9. The Morgan fingerprint density at radius 2 is 1.88 bits per heavy atom. The lowest BCUT2D eigenvalue weighted by atomic mass is 9.75. The number of benzene rings is 1. The summed E-state index contributed by atoms with van der Waals surface area (Å²) in [5.41, 5.74) is 1.86. The zero-order chi connectivity index (χ0) is 22.5. The molecule has 1 aliphatic carbocycles. The summed E-state index contributed by atoms with van der Waals surface area (Å²) >= 11 is 1.36. The number of hydrogen-bond acceptors (Lipinski definition) is 6. The number of thioether (sulfide) groups is 1. The number of nitrogens with zero attached hydrogens (tertiary/aromatic N) is 4. The smallest absolute Gasteiger partial charge is 0.316 e. The van der Waals surface area contributed by atoms with Crippen molar-refractivity contribution in [3.05, 3.63) is 54.9 Å². The molecule has 2 aromatic heterocycles. The van der Waals surface area contributed by atoms with E-state index in [-0.39, 0.29) is 17.8 Å². The summed E-state index contributed by atoms with van der Waals surface area (Å²) in [6.45, 7) is 6.69. The van der Waals surface area contributed by atoms with Crippen molar-refractivity contribution < 1.29 is 9.53 Å². The van der Waals surface area contributed by atoms with Crippen LogP contribution in [0.25, 0.3) is 17.1 Å². The number of rotatable bonds is 7. The van der Waals surface area contributed by atoms with Crippen molar-refractivity contribution in [2.45, 2.75) is 51.3 Å². The first-order valence-electron chi connectivity index (χ1n) is 11.3. The van der Waals surface area contributed by atoms with E-state index in [9.17, 15) is 4.79 Å². The second-order valence-electron chi connectivity index (χ2n) is 8.86. The molecule has 4 rings (SSSR count). The molecule has 3 aromatic rings. The zero-order valence-corrected chi connectivity index (χ0v) is 19.7. The van der Waals surface area contributed by atoms with Gasteiger partial charge < -0.3 is 4.74 Å². The van der Waals surface area contributed by atoms with Gasteiger partial charge in [-0.05, 0) is 54.9 Å². The molecular weight excluding hydrogens is 420 g/mol. The minimum Gasteiger partial charge on any atom is -0.461 e. The van der Waals surface area contributed by atoms with Gasteiger partial charge in [0.25, 0.3) is 0 Å². The van der Waals surface area contributed by atoms with Crippen LogP contribution in [0.5, 0.6) is 0 Å².